The normalized spacial score (nSPS) is 14.9. The molecular formula is C15H17N5O2. The Balaban J connectivity index is 1.58. The Morgan fingerprint density at radius 3 is 2.55 bits per heavy atom. The quantitative estimate of drug-likeness (QED) is 0.920. The van der Waals surface area contributed by atoms with Crippen LogP contribution in [0.5, 0.6) is 0 Å². The van der Waals surface area contributed by atoms with Crippen LogP contribution in [0.3, 0.4) is 0 Å². The molecule has 22 heavy (non-hydrogen) atoms. The zero-order chi connectivity index (χ0) is 15.4. The van der Waals surface area contributed by atoms with Crippen LogP contribution in [-0.4, -0.2) is 44.8 Å². The topological polar surface area (TPSA) is 80.1 Å². The van der Waals surface area contributed by atoms with Gasteiger partial charge in [0.1, 0.15) is 0 Å². The van der Waals surface area contributed by atoms with Crippen LogP contribution in [0.1, 0.15) is 19.3 Å². The Bertz CT molecular complexity index is 651. The lowest BCUT2D eigenvalue weighted by atomic mass is 10.1. The summed E-state index contributed by atoms with van der Waals surface area (Å²) in [5.41, 5.74) is 1.50. The predicted molar refractivity (Wildman–Crippen MR) is 80.4 cm³/mol. The van der Waals surface area contributed by atoms with Gasteiger partial charge in [-0.1, -0.05) is 0 Å². The van der Waals surface area contributed by atoms with Crippen molar-refractivity contribution in [1.82, 2.24) is 19.9 Å². The molecule has 1 fully saturated rings. The summed E-state index contributed by atoms with van der Waals surface area (Å²) in [6.07, 6.45) is 5.62. The molecule has 1 N–H and O–H groups in total. The first kappa shape index (κ1) is 14.2. The van der Waals surface area contributed by atoms with Gasteiger partial charge in [0, 0.05) is 18.7 Å². The number of rotatable bonds is 4. The SMILES string of the molecule is O=C(CN1CCCCC1=O)Nc1ccc(-n2nccn2)cc1. The van der Waals surface area contributed by atoms with E-state index in [1.165, 1.54) is 4.80 Å². The number of nitrogens with zero attached hydrogens (tertiary/aromatic N) is 4. The summed E-state index contributed by atoms with van der Waals surface area (Å²) >= 11 is 0. The fourth-order valence-electron chi connectivity index (χ4n) is 2.43. The zero-order valence-corrected chi connectivity index (χ0v) is 12.1. The molecule has 1 saturated heterocycles. The molecular weight excluding hydrogens is 282 g/mol. The van der Waals surface area contributed by atoms with Crippen LogP contribution in [0.2, 0.25) is 0 Å². The molecule has 0 atom stereocenters. The number of benzene rings is 1. The highest BCUT2D eigenvalue weighted by Crippen LogP contribution is 2.13. The van der Waals surface area contributed by atoms with Gasteiger partial charge in [-0.05, 0) is 37.1 Å². The highest BCUT2D eigenvalue weighted by atomic mass is 16.2. The van der Waals surface area contributed by atoms with Crippen LogP contribution in [0.15, 0.2) is 36.7 Å². The van der Waals surface area contributed by atoms with Gasteiger partial charge < -0.3 is 10.2 Å². The minimum atomic E-state index is -0.180. The molecule has 0 radical (unpaired) electrons. The first-order chi connectivity index (χ1) is 10.7. The number of piperidine rings is 1. The van der Waals surface area contributed by atoms with Crippen molar-refractivity contribution in [2.45, 2.75) is 19.3 Å². The van der Waals surface area contributed by atoms with Crippen LogP contribution in [0.25, 0.3) is 5.69 Å². The minimum Gasteiger partial charge on any atom is -0.333 e. The van der Waals surface area contributed by atoms with Crippen molar-refractivity contribution < 1.29 is 9.59 Å². The molecule has 0 bridgehead atoms. The van der Waals surface area contributed by atoms with Crippen LogP contribution in [-0.2, 0) is 9.59 Å². The smallest absolute Gasteiger partial charge is 0.243 e. The standard InChI is InChI=1S/C15H17N5O2/c21-14(11-19-10-2-1-3-15(19)22)18-12-4-6-13(7-5-12)20-16-8-9-17-20/h4-9H,1-3,10-11H2,(H,18,21). The third-order valence-electron chi connectivity index (χ3n) is 3.56. The van der Waals surface area contributed by atoms with Crippen LogP contribution in [0.4, 0.5) is 5.69 Å². The van der Waals surface area contributed by atoms with E-state index in [2.05, 4.69) is 15.5 Å². The summed E-state index contributed by atoms with van der Waals surface area (Å²) in [6, 6.07) is 7.21. The average molecular weight is 299 g/mol. The molecule has 7 heteroatoms. The summed E-state index contributed by atoms with van der Waals surface area (Å²) in [5.74, 6) is -0.123. The molecule has 3 rings (SSSR count). The number of nitrogens with one attached hydrogen (secondary N) is 1. The number of amides is 2. The van der Waals surface area contributed by atoms with Crippen molar-refractivity contribution in [3.05, 3.63) is 36.7 Å². The van der Waals surface area contributed by atoms with Gasteiger partial charge >= 0.3 is 0 Å². The summed E-state index contributed by atoms with van der Waals surface area (Å²) in [6.45, 7) is 0.775. The van der Waals surface area contributed by atoms with Crippen molar-refractivity contribution in [3.63, 3.8) is 0 Å². The van der Waals surface area contributed by atoms with E-state index in [0.717, 1.165) is 18.5 Å². The zero-order valence-electron chi connectivity index (χ0n) is 12.1. The Hall–Kier alpha value is -2.70. The number of aromatic nitrogens is 3. The molecule has 1 aromatic carbocycles. The van der Waals surface area contributed by atoms with Crippen molar-refractivity contribution >= 4 is 17.5 Å². The molecule has 2 aromatic rings. The van der Waals surface area contributed by atoms with Crippen molar-refractivity contribution in [2.24, 2.45) is 0 Å². The third-order valence-corrected chi connectivity index (χ3v) is 3.56. The van der Waals surface area contributed by atoms with E-state index in [1.54, 1.807) is 29.4 Å². The van der Waals surface area contributed by atoms with Gasteiger partial charge in [0.05, 0.1) is 24.6 Å². The highest BCUT2D eigenvalue weighted by molar-refractivity contribution is 5.94. The molecule has 1 aromatic heterocycles. The van der Waals surface area contributed by atoms with Gasteiger partial charge in [0.15, 0.2) is 0 Å². The van der Waals surface area contributed by atoms with Crippen molar-refractivity contribution in [1.29, 1.82) is 0 Å². The van der Waals surface area contributed by atoms with Gasteiger partial charge in [-0.15, -0.1) is 0 Å². The van der Waals surface area contributed by atoms with Gasteiger partial charge in [0.2, 0.25) is 11.8 Å². The number of hydrogen-bond acceptors (Lipinski definition) is 4. The Kier molecular flexibility index (Phi) is 4.13. The third kappa shape index (κ3) is 3.30. The van der Waals surface area contributed by atoms with Crippen molar-refractivity contribution in [2.75, 3.05) is 18.4 Å². The first-order valence-corrected chi connectivity index (χ1v) is 7.27. The van der Waals surface area contributed by atoms with E-state index in [9.17, 15) is 9.59 Å². The van der Waals surface area contributed by atoms with E-state index in [0.29, 0.717) is 18.7 Å². The maximum Gasteiger partial charge on any atom is 0.243 e. The van der Waals surface area contributed by atoms with E-state index in [4.69, 9.17) is 0 Å². The van der Waals surface area contributed by atoms with Gasteiger partial charge in [-0.2, -0.15) is 15.0 Å². The second-order valence-corrected chi connectivity index (χ2v) is 5.19. The maximum atomic E-state index is 12.0. The molecule has 0 saturated carbocycles. The van der Waals surface area contributed by atoms with E-state index in [1.807, 2.05) is 12.1 Å². The van der Waals surface area contributed by atoms with Gasteiger partial charge in [0.25, 0.3) is 0 Å². The molecule has 0 spiro atoms. The van der Waals surface area contributed by atoms with E-state index in [-0.39, 0.29) is 18.4 Å². The Morgan fingerprint density at radius 1 is 1.14 bits per heavy atom. The summed E-state index contributed by atoms with van der Waals surface area (Å²) in [5, 5.41) is 10.9. The second-order valence-electron chi connectivity index (χ2n) is 5.19. The second kappa shape index (κ2) is 6.38. The fourth-order valence-corrected chi connectivity index (χ4v) is 2.43. The average Bonchev–Trinajstić information content (AvgIpc) is 3.05. The Labute approximate surface area is 127 Å². The lowest BCUT2D eigenvalue weighted by Crippen LogP contribution is -2.40. The molecule has 7 nitrogen and oxygen atoms in total. The monoisotopic (exact) mass is 299 g/mol. The van der Waals surface area contributed by atoms with Crippen LogP contribution in [0, 0.1) is 0 Å². The number of carbonyl (C=O) groups excluding carboxylic acids is 2. The van der Waals surface area contributed by atoms with E-state index >= 15 is 0 Å². The summed E-state index contributed by atoms with van der Waals surface area (Å²) in [7, 11) is 0. The first-order valence-electron chi connectivity index (χ1n) is 7.27. The number of carbonyl (C=O) groups is 2. The summed E-state index contributed by atoms with van der Waals surface area (Å²) in [4.78, 5) is 26.8. The fraction of sp³-hybridized carbons (Fsp3) is 0.333. The molecule has 114 valence electrons. The van der Waals surface area contributed by atoms with Crippen LogP contribution >= 0.6 is 0 Å². The lowest BCUT2D eigenvalue weighted by Gasteiger charge is -2.25. The minimum absolute atomic E-state index is 0.0569. The molecule has 2 amide bonds. The maximum absolute atomic E-state index is 12.0. The van der Waals surface area contributed by atoms with Gasteiger partial charge in [-0.3, -0.25) is 9.59 Å². The number of likely N-dealkylation sites (tertiary alicyclic amines) is 1. The lowest BCUT2D eigenvalue weighted by molar-refractivity contribution is -0.136. The molecule has 0 unspecified atom stereocenters. The molecule has 1 aliphatic heterocycles. The molecule has 2 heterocycles. The highest BCUT2D eigenvalue weighted by Gasteiger charge is 2.20. The predicted octanol–water partition coefficient (Wildman–Crippen LogP) is 1.22. The van der Waals surface area contributed by atoms with E-state index < -0.39 is 0 Å². The number of anilines is 1. The number of hydrogen-bond donors (Lipinski definition) is 1. The summed E-state index contributed by atoms with van der Waals surface area (Å²) < 4.78 is 0. The van der Waals surface area contributed by atoms with Gasteiger partial charge in [-0.25, -0.2) is 0 Å². The largest absolute Gasteiger partial charge is 0.333 e. The van der Waals surface area contributed by atoms with Crippen LogP contribution < -0.4 is 5.32 Å². The molecule has 0 aliphatic carbocycles. The Morgan fingerprint density at radius 2 is 1.86 bits per heavy atom. The van der Waals surface area contributed by atoms with Crippen molar-refractivity contribution in [3.8, 4) is 5.69 Å². The molecule has 1 aliphatic rings.